The summed E-state index contributed by atoms with van der Waals surface area (Å²) in [5.74, 6) is -4.22. The third kappa shape index (κ3) is 14.2. The lowest BCUT2D eigenvalue weighted by Crippen LogP contribution is -3.06. The number of esters is 1. The molecule has 0 radical (unpaired) electrons. The lowest BCUT2D eigenvalue weighted by Gasteiger charge is -2.19. The highest BCUT2D eigenvalue weighted by molar-refractivity contribution is 6.10. The van der Waals surface area contributed by atoms with Crippen molar-refractivity contribution in [2.45, 2.75) is 39.8 Å². The van der Waals surface area contributed by atoms with Crippen molar-refractivity contribution in [3.63, 3.8) is 0 Å². The number of alkyl halides is 3. The van der Waals surface area contributed by atoms with Crippen LogP contribution < -0.4 is 25.8 Å². The standard InChI is InChI=1S/C33H38N6O6.C2HF3O2.C2H6/c1-22-7-5-6-8-27(22)36-33(44)35-24-11-9-23(10-12-24)19-29(40)34-25-13-14-28-26(20-25)32(43)39(21-30(41)38(28)4)16-15-31(42)45-18-17-37(2)3;3-2(4,5)1(6)7;1-2/h5-14,20H,15-19,21H2,1-4H3,(H,34,40)(H2,35,36,44);(H,6,7);1-2H3/p+1. The predicted octanol–water partition coefficient (Wildman–Crippen LogP) is 3.98. The van der Waals surface area contributed by atoms with E-state index in [0.29, 0.717) is 29.3 Å². The van der Waals surface area contributed by atoms with Gasteiger partial charge in [0.15, 0.2) is 0 Å². The highest BCUT2D eigenvalue weighted by atomic mass is 19.4. The topological polar surface area (TPSA) is 179 Å². The third-order valence-electron chi connectivity index (χ3n) is 7.52. The molecular weight excluding hydrogens is 713 g/mol. The van der Waals surface area contributed by atoms with Crippen molar-refractivity contribution in [1.82, 2.24) is 4.90 Å². The molecule has 0 atom stereocenters. The molecule has 0 fully saturated rings. The van der Waals surface area contributed by atoms with E-state index in [0.717, 1.165) is 16.0 Å². The van der Waals surface area contributed by atoms with Gasteiger partial charge in [0.25, 0.3) is 5.91 Å². The van der Waals surface area contributed by atoms with E-state index in [9.17, 15) is 37.1 Å². The van der Waals surface area contributed by atoms with E-state index in [1.54, 1.807) is 43.4 Å². The molecule has 0 spiro atoms. The lowest BCUT2D eigenvalue weighted by molar-refractivity contribution is -0.858. The molecule has 14 nitrogen and oxygen atoms in total. The fourth-order valence-electron chi connectivity index (χ4n) is 4.67. The Morgan fingerprint density at radius 3 is 2.11 bits per heavy atom. The minimum absolute atomic E-state index is 0.0283. The summed E-state index contributed by atoms with van der Waals surface area (Å²) in [5.41, 5.74) is 4.00. The Balaban J connectivity index is 0.00000100. The van der Waals surface area contributed by atoms with Gasteiger partial charge in [0.05, 0.1) is 38.2 Å². The molecule has 1 heterocycles. The molecule has 1 aliphatic rings. The van der Waals surface area contributed by atoms with Crippen LogP contribution in [-0.4, -0.2) is 99.3 Å². The molecule has 17 heteroatoms. The van der Waals surface area contributed by atoms with E-state index in [-0.39, 0.29) is 55.9 Å². The van der Waals surface area contributed by atoms with Crippen LogP contribution in [0.1, 0.15) is 41.8 Å². The largest absolute Gasteiger partial charge is 0.490 e. The highest BCUT2D eigenvalue weighted by Crippen LogP contribution is 2.28. The van der Waals surface area contributed by atoms with Crippen LogP contribution in [0, 0.1) is 6.92 Å². The van der Waals surface area contributed by atoms with Gasteiger partial charge >= 0.3 is 24.1 Å². The maximum absolute atomic E-state index is 13.4. The van der Waals surface area contributed by atoms with Crippen molar-refractivity contribution < 1.29 is 56.7 Å². The van der Waals surface area contributed by atoms with Crippen LogP contribution >= 0.6 is 0 Å². The first-order chi connectivity index (χ1) is 25.4. The number of aryl methyl sites for hydroxylation is 1. The van der Waals surface area contributed by atoms with Crippen molar-refractivity contribution >= 4 is 58.4 Å². The second-order valence-electron chi connectivity index (χ2n) is 12.0. The zero-order chi connectivity index (χ0) is 40.6. The summed E-state index contributed by atoms with van der Waals surface area (Å²) in [7, 11) is 5.48. The number of nitrogens with zero attached hydrogens (tertiary/aromatic N) is 2. The number of anilines is 4. The summed E-state index contributed by atoms with van der Waals surface area (Å²) < 4.78 is 37.0. The number of fused-ring (bicyclic) bond motifs is 1. The number of carbonyl (C=O) groups is 6. The monoisotopic (exact) mass is 759 g/mol. The number of para-hydroxylation sites is 1. The molecule has 0 unspecified atom stereocenters. The summed E-state index contributed by atoms with van der Waals surface area (Å²) >= 11 is 0. The van der Waals surface area contributed by atoms with Gasteiger partial charge in [-0.2, -0.15) is 13.2 Å². The smallest absolute Gasteiger partial charge is 0.475 e. The SMILES string of the molecule is CC.Cc1ccccc1NC(=O)Nc1ccc(CC(=O)Nc2ccc3c(c2)C(=O)N(CCC(=O)OCC[NH+](C)C)CC(=O)N3C)cc1.O=C(O)C(F)(F)F. The second-order valence-corrected chi connectivity index (χ2v) is 12.0. The zero-order valence-electron chi connectivity index (χ0n) is 30.9. The Hall–Kier alpha value is -5.97. The highest BCUT2D eigenvalue weighted by Gasteiger charge is 2.38. The van der Waals surface area contributed by atoms with Gasteiger partial charge in [0, 0.05) is 30.7 Å². The minimum Gasteiger partial charge on any atom is -0.475 e. The van der Waals surface area contributed by atoms with Gasteiger partial charge in [-0.1, -0.05) is 44.2 Å². The Morgan fingerprint density at radius 2 is 1.52 bits per heavy atom. The Morgan fingerprint density at radius 1 is 0.907 bits per heavy atom. The molecule has 0 aromatic heterocycles. The molecule has 0 bridgehead atoms. The number of ether oxygens (including phenoxy) is 1. The normalized spacial score (nSPS) is 12.3. The number of halogens is 3. The molecule has 0 aliphatic carbocycles. The molecule has 3 aromatic carbocycles. The number of carboxylic acids is 1. The van der Waals surface area contributed by atoms with Crippen molar-refractivity contribution in [3.8, 4) is 0 Å². The number of benzene rings is 3. The number of aliphatic carboxylic acids is 1. The average molecular weight is 760 g/mol. The summed E-state index contributed by atoms with van der Waals surface area (Å²) in [6.07, 6.45) is -5.06. The molecular formula is C37H46F3N6O8+. The maximum atomic E-state index is 13.4. The van der Waals surface area contributed by atoms with E-state index in [1.165, 1.54) is 15.9 Å². The van der Waals surface area contributed by atoms with Crippen LogP contribution in [0.4, 0.5) is 40.7 Å². The molecule has 0 saturated carbocycles. The van der Waals surface area contributed by atoms with E-state index >= 15 is 0 Å². The molecule has 4 rings (SSSR count). The van der Waals surface area contributed by atoms with E-state index in [1.807, 2.05) is 59.1 Å². The van der Waals surface area contributed by atoms with Gasteiger partial charge in [-0.05, 0) is 54.4 Å². The summed E-state index contributed by atoms with van der Waals surface area (Å²) in [6.45, 7) is 6.69. The van der Waals surface area contributed by atoms with Crippen LogP contribution in [0.5, 0.6) is 0 Å². The Bertz CT molecular complexity index is 1780. The number of nitrogens with one attached hydrogen (secondary N) is 4. The maximum Gasteiger partial charge on any atom is 0.490 e. The van der Waals surface area contributed by atoms with Crippen LogP contribution in [-0.2, 0) is 30.3 Å². The van der Waals surface area contributed by atoms with Gasteiger partial charge < -0.3 is 40.5 Å². The van der Waals surface area contributed by atoms with Crippen molar-refractivity contribution in [3.05, 3.63) is 83.4 Å². The number of urea groups is 1. The first kappa shape index (κ1) is 44.2. The number of rotatable bonds is 11. The fourth-order valence-corrected chi connectivity index (χ4v) is 4.67. The van der Waals surface area contributed by atoms with Gasteiger partial charge in [-0.15, -0.1) is 0 Å². The van der Waals surface area contributed by atoms with Gasteiger partial charge in [0.1, 0.15) is 19.7 Å². The molecule has 292 valence electrons. The number of likely N-dealkylation sites (N-methyl/N-ethyl adjacent to an activating group) is 2. The number of hydrogen-bond donors (Lipinski definition) is 5. The van der Waals surface area contributed by atoms with E-state index in [4.69, 9.17) is 14.6 Å². The first-order valence-corrected chi connectivity index (χ1v) is 16.9. The number of amides is 5. The molecule has 5 amide bonds. The number of hydrogen-bond acceptors (Lipinski definition) is 7. The number of carboxylic acid groups (broad SMARTS) is 1. The first-order valence-electron chi connectivity index (χ1n) is 16.9. The number of quaternary nitrogens is 1. The van der Waals surface area contributed by atoms with E-state index < -0.39 is 24.0 Å². The lowest BCUT2D eigenvalue weighted by atomic mass is 10.1. The summed E-state index contributed by atoms with van der Waals surface area (Å²) in [5, 5.41) is 15.5. The van der Waals surface area contributed by atoms with Crippen molar-refractivity contribution in [1.29, 1.82) is 0 Å². The molecule has 1 aliphatic heterocycles. The number of carbonyl (C=O) groups excluding carboxylic acids is 5. The van der Waals surface area contributed by atoms with Crippen molar-refractivity contribution in [2.75, 3.05) is 68.2 Å². The molecule has 3 aromatic rings. The molecule has 54 heavy (non-hydrogen) atoms. The van der Waals surface area contributed by atoms with Gasteiger partial charge in [0.2, 0.25) is 11.8 Å². The average Bonchev–Trinajstić information content (AvgIpc) is 3.19. The second kappa shape index (κ2) is 20.9. The Kier molecular flexibility index (Phi) is 17.1. The summed E-state index contributed by atoms with van der Waals surface area (Å²) in [6, 6.07) is 18.8. The van der Waals surface area contributed by atoms with Crippen molar-refractivity contribution in [2.24, 2.45) is 0 Å². The quantitative estimate of drug-likeness (QED) is 0.182. The predicted molar refractivity (Wildman–Crippen MR) is 197 cm³/mol. The van der Waals surface area contributed by atoms with Gasteiger partial charge in [-0.25, -0.2) is 9.59 Å². The molecule has 0 saturated heterocycles. The minimum atomic E-state index is -5.08. The van der Waals surface area contributed by atoms with Gasteiger partial charge in [-0.3, -0.25) is 19.2 Å². The van der Waals surface area contributed by atoms with Crippen LogP contribution in [0.25, 0.3) is 0 Å². The Labute approximate surface area is 311 Å². The summed E-state index contributed by atoms with van der Waals surface area (Å²) in [4.78, 5) is 76.4. The van der Waals surface area contributed by atoms with E-state index in [2.05, 4.69) is 16.0 Å². The zero-order valence-corrected chi connectivity index (χ0v) is 30.9. The van der Waals surface area contributed by atoms with Crippen LogP contribution in [0.15, 0.2) is 66.7 Å². The third-order valence-corrected chi connectivity index (χ3v) is 7.52. The van der Waals surface area contributed by atoms with Crippen LogP contribution in [0.2, 0.25) is 0 Å². The fraction of sp³-hybridized carbons (Fsp3) is 0.351. The van der Waals surface area contributed by atoms with Crippen LogP contribution in [0.3, 0.4) is 0 Å². The molecule has 5 N–H and O–H groups in total.